The monoisotopic (exact) mass is 249 g/mol. The zero-order chi connectivity index (χ0) is 12.8. The van der Waals surface area contributed by atoms with E-state index in [4.69, 9.17) is 5.26 Å². The van der Waals surface area contributed by atoms with Crippen molar-refractivity contribution in [2.24, 2.45) is 0 Å². The summed E-state index contributed by atoms with van der Waals surface area (Å²) < 4.78 is 0. The topological polar surface area (TPSA) is 56.1 Å². The highest BCUT2D eigenvalue weighted by molar-refractivity contribution is 5.82. The van der Waals surface area contributed by atoms with Crippen molar-refractivity contribution in [3.05, 3.63) is 0 Å². The van der Waals surface area contributed by atoms with Crippen molar-refractivity contribution in [3.8, 4) is 6.07 Å². The van der Waals surface area contributed by atoms with Gasteiger partial charge in [-0.3, -0.25) is 4.79 Å². The van der Waals surface area contributed by atoms with Crippen LogP contribution in [-0.4, -0.2) is 36.0 Å². The number of rotatable bonds is 2. The van der Waals surface area contributed by atoms with Crippen LogP contribution in [-0.2, 0) is 4.79 Å². The molecule has 0 spiro atoms. The normalized spacial score (nSPS) is 27.4. The van der Waals surface area contributed by atoms with Gasteiger partial charge in [0, 0.05) is 12.6 Å². The molecule has 0 aromatic heterocycles. The zero-order valence-corrected chi connectivity index (χ0v) is 11.0. The highest BCUT2D eigenvalue weighted by atomic mass is 16.2. The average Bonchev–Trinajstić information content (AvgIpc) is 2.73. The lowest BCUT2D eigenvalue weighted by atomic mass is 10.1. The quantitative estimate of drug-likeness (QED) is 0.759. The van der Waals surface area contributed by atoms with Gasteiger partial charge in [0.05, 0.1) is 18.5 Å². The van der Waals surface area contributed by atoms with Gasteiger partial charge in [0.2, 0.25) is 5.91 Å². The molecule has 1 heterocycles. The molecular formula is C14H23N3O. The van der Waals surface area contributed by atoms with Crippen LogP contribution in [0.1, 0.15) is 51.4 Å². The van der Waals surface area contributed by atoms with Crippen molar-refractivity contribution in [2.45, 2.75) is 63.5 Å². The minimum atomic E-state index is -0.277. The molecule has 1 saturated carbocycles. The van der Waals surface area contributed by atoms with E-state index in [1.807, 2.05) is 0 Å². The second-order valence-electron chi connectivity index (χ2n) is 5.40. The third-order valence-corrected chi connectivity index (χ3v) is 4.11. The van der Waals surface area contributed by atoms with E-state index in [0.29, 0.717) is 12.5 Å². The number of hydrogen-bond donors (Lipinski definition) is 1. The van der Waals surface area contributed by atoms with Gasteiger partial charge in [-0.15, -0.1) is 0 Å². The Morgan fingerprint density at radius 1 is 1.22 bits per heavy atom. The van der Waals surface area contributed by atoms with Gasteiger partial charge in [-0.1, -0.05) is 25.7 Å². The first-order valence-corrected chi connectivity index (χ1v) is 7.23. The van der Waals surface area contributed by atoms with E-state index in [2.05, 4.69) is 16.3 Å². The summed E-state index contributed by atoms with van der Waals surface area (Å²) in [5, 5.41) is 12.0. The van der Waals surface area contributed by atoms with Crippen molar-refractivity contribution in [3.63, 3.8) is 0 Å². The number of carbonyl (C=O) groups is 1. The molecule has 4 nitrogen and oxygen atoms in total. The first-order chi connectivity index (χ1) is 8.83. The van der Waals surface area contributed by atoms with E-state index >= 15 is 0 Å². The van der Waals surface area contributed by atoms with Crippen LogP contribution in [0.4, 0.5) is 0 Å². The molecular weight excluding hydrogens is 226 g/mol. The molecule has 0 aromatic carbocycles. The molecule has 1 aliphatic carbocycles. The molecule has 1 aliphatic heterocycles. The van der Waals surface area contributed by atoms with Crippen LogP contribution in [0.15, 0.2) is 0 Å². The maximum atomic E-state index is 12.5. The van der Waals surface area contributed by atoms with E-state index in [9.17, 15) is 4.79 Å². The Bertz CT molecular complexity index is 315. The van der Waals surface area contributed by atoms with Gasteiger partial charge in [0.15, 0.2) is 0 Å². The molecule has 1 unspecified atom stereocenters. The Kier molecular flexibility index (Phi) is 5.00. The molecule has 2 aliphatic rings. The number of carbonyl (C=O) groups excluding carboxylic acids is 1. The van der Waals surface area contributed by atoms with Crippen LogP contribution in [0.25, 0.3) is 0 Å². The fourth-order valence-electron chi connectivity index (χ4n) is 3.11. The van der Waals surface area contributed by atoms with Gasteiger partial charge in [-0.2, -0.15) is 5.26 Å². The first-order valence-electron chi connectivity index (χ1n) is 7.23. The minimum Gasteiger partial charge on any atom is -0.338 e. The first kappa shape index (κ1) is 13.4. The Labute approximate surface area is 109 Å². The Morgan fingerprint density at radius 3 is 2.61 bits per heavy atom. The molecule has 1 N–H and O–H groups in total. The van der Waals surface area contributed by atoms with Crippen molar-refractivity contribution < 1.29 is 4.79 Å². The summed E-state index contributed by atoms with van der Waals surface area (Å²) in [5.74, 6) is 0.154. The third-order valence-electron chi connectivity index (χ3n) is 4.11. The van der Waals surface area contributed by atoms with Crippen molar-refractivity contribution in [2.75, 3.05) is 13.1 Å². The lowest BCUT2D eigenvalue weighted by molar-refractivity contribution is -0.135. The second kappa shape index (κ2) is 6.75. The highest BCUT2D eigenvalue weighted by Gasteiger charge is 2.31. The smallest absolute Gasteiger partial charge is 0.241 e. The average molecular weight is 249 g/mol. The maximum Gasteiger partial charge on any atom is 0.241 e. The van der Waals surface area contributed by atoms with Gasteiger partial charge in [0.25, 0.3) is 0 Å². The summed E-state index contributed by atoms with van der Waals surface area (Å²) in [6.07, 6.45) is 8.68. The van der Waals surface area contributed by atoms with E-state index in [1.54, 1.807) is 0 Å². The van der Waals surface area contributed by atoms with Gasteiger partial charge < -0.3 is 10.2 Å². The Balaban J connectivity index is 2.04. The highest BCUT2D eigenvalue weighted by Crippen LogP contribution is 2.23. The largest absolute Gasteiger partial charge is 0.338 e. The van der Waals surface area contributed by atoms with Crippen LogP contribution in [0.3, 0.4) is 0 Å². The molecule has 0 bridgehead atoms. The van der Waals surface area contributed by atoms with Crippen molar-refractivity contribution in [1.29, 1.82) is 5.26 Å². The number of amides is 1. The van der Waals surface area contributed by atoms with Gasteiger partial charge in [-0.25, -0.2) is 0 Å². The number of hydrogen-bond acceptors (Lipinski definition) is 3. The van der Waals surface area contributed by atoms with Gasteiger partial charge >= 0.3 is 0 Å². The van der Waals surface area contributed by atoms with Crippen LogP contribution in [0.5, 0.6) is 0 Å². The summed E-state index contributed by atoms with van der Waals surface area (Å²) in [7, 11) is 0. The van der Waals surface area contributed by atoms with Crippen molar-refractivity contribution >= 4 is 5.91 Å². The number of nitriles is 1. The Hall–Kier alpha value is -1.08. The summed E-state index contributed by atoms with van der Waals surface area (Å²) in [4.78, 5) is 14.5. The van der Waals surface area contributed by atoms with Crippen LogP contribution in [0, 0.1) is 11.3 Å². The molecule has 2 rings (SSSR count). The van der Waals surface area contributed by atoms with E-state index in [1.165, 1.54) is 25.7 Å². The van der Waals surface area contributed by atoms with E-state index in [-0.39, 0.29) is 11.9 Å². The summed E-state index contributed by atoms with van der Waals surface area (Å²) in [5.41, 5.74) is 0. The fraction of sp³-hybridized carbons (Fsp3) is 0.857. The fourth-order valence-corrected chi connectivity index (χ4v) is 3.11. The molecule has 18 heavy (non-hydrogen) atoms. The molecule has 1 saturated heterocycles. The Morgan fingerprint density at radius 2 is 1.94 bits per heavy atom. The molecule has 1 atom stereocenters. The third kappa shape index (κ3) is 3.23. The van der Waals surface area contributed by atoms with Crippen LogP contribution < -0.4 is 5.32 Å². The molecule has 100 valence electrons. The standard InChI is InChI=1S/C14H23N3O/c15-9-8-13-14(18)17(11-5-10-16-13)12-6-3-1-2-4-7-12/h12-13,16H,1-8,10-11H2. The molecule has 1 amide bonds. The predicted octanol–water partition coefficient (Wildman–Crippen LogP) is 1.81. The van der Waals surface area contributed by atoms with Crippen LogP contribution >= 0.6 is 0 Å². The maximum absolute atomic E-state index is 12.5. The summed E-state index contributed by atoms with van der Waals surface area (Å²) in [6.45, 7) is 1.71. The summed E-state index contributed by atoms with van der Waals surface area (Å²) in [6, 6.07) is 2.26. The second-order valence-corrected chi connectivity index (χ2v) is 5.40. The molecule has 4 heteroatoms. The minimum absolute atomic E-state index is 0.154. The van der Waals surface area contributed by atoms with Crippen LogP contribution in [0.2, 0.25) is 0 Å². The lowest BCUT2D eigenvalue weighted by Gasteiger charge is -2.31. The van der Waals surface area contributed by atoms with E-state index in [0.717, 1.165) is 32.4 Å². The predicted molar refractivity (Wildman–Crippen MR) is 69.8 cm³/mol. The van der Waals surface area contributed by atoms with E-state index < -0.39 is 0 Å². The van der Waals surface area contributed by atoms with Gasteiger partial charge in [-0.05, 0) is 25.8 Å². The SMILES string of the molecule is N#CCC1NCCCN(C2CCCCCC2)C1=O. The number of nitrogens with one attached hydrogen (secondary N) is 1. The summed E-state index contributed by atoms with van der Waals surface area (Å²) >= 11 is 0. The van der Waals surface area contributed by atoms with Gasteiger partial charge in [0.1, 0.15) is 0 Å². The molecule has 0 radical (unpaired) electrons. The van der Waals surface area contributed by atoms with Crippen molar-refractivity contribution in [1.82, 2.24) is 10.2 Å². The number of nitrogens with zero attached hydrogens (tertiary/aromatic N) is 2. The zero-order valence-electron chi connectivity index (χ0n) is 11.0. The molecule has 2 fully saturated rings. The lowest BCUT2D eigenvalue weighted by Crippen LogP contribution is -2.47. The molecule has 0 aromatic rings.